The Morgan fingerprint density at radius 1 is 1.50 bits per heavy atom. The van der Waals surface area contributed by atoms with Gasteiger partial charge in [0.2, 0.25) is 10.0 Å². The fourth-order valence-electron chi connectivity index (χ4n) is 2.14. The molecule has 18 heavy (non-hydrogen) atoms. The number of aromatic nitrogens is 2. The van der Waals surface area contributed by atoms with Crippen LogP contribution in [-0.4, -0.2) is 37.9 Å². The molecule has 0 radical (unpaired) electrons. The summed E-state index contributed by atoms with van der Waals surface area (Å²) in [5.41, 5.74) is 0.541. The van der Waals surface area contributed by atoms with Crippen LogP contribution < -0.4 is 4.72 Å². The maximum atomic E-state index is 11.9. The van der Waals surface area contributed by atoms with Crippen LogP contribution in [0.5, 0.6) is 0 Å². The van der Waals surface area contributed by atoms with E-state index in [1.165, 1.54) is 19.0 Å². The molecule has 1 aliphatic carbocycles. The van der Waals surface area contributed by atoms with Crippen molar-refractivity contribution >= 4 is 10.0 Å². The molecule has 102 valence electrons. The molecule has 1 heterocycles. The van der Waals surface area contributed by atoms with Crippen LogP contribution in [0.4, 0.5) is 0 Å². The molecule has 0 atom stereocenters. The number of aromatic amines is 1. The minimum Gasteiger partial charge on any atom is -0.377 e. The van der Waals surface area contributed by atoms with Crippen LogP contribution in [0.15, 0.2) is 11.1 Å². The number of H-pyrrole nitrogens is 1. The summed E-state index contributed by atoms with van der Waals surface area (Å²) >= 11 is 0. The lowest BCUT2D eigenvalue weighted by molar-refractivity contribution is 0.0626. The maximum absolute atomic E-state index is 11.9. The van der Waals surface area contributed by atoms with Gasteiger partial charge in [0.25, 0.3) is 0 Å². The van der Waals surface area contributed by atoms with E-state index < -0.39 is 10.0 Å². The highest BCUT2D eigenvalue weighted by Crippen LogP contribution is 2.20. The molecule has 0 spiro atoms. The summed E-state index contributed by atoms with van der Waals surface area (Å²) in [6.45, 7) is 2.39. The highest BCUT2D eigenvalue weighted by atomic mass is 32.2. The number of hydrogen-bond acceptors (Lipinski definition) is 4. The maximum Gasteiger partial charge on any atom is 0.244 e. The van der Waals surface area contributed by atoms with Gasteiger partial charge in [-0.15, -0.1) is 0 Å². The third-order valence-corrected chi connectivity index (χ3v) is 4.70. The largest absolute Gasteiger partial charge is 0.377 e. The van der Waals surface area contributed by atoms with Gasteiger partial charge in [-0.05, 0) is 19.8 Å². The van der Waals surface area contributed by atoms with E-state index in [1.807, 2.05) is 0 Å². The van der Waals surface area contributed by atoms with Crippen molar-refractivity contribution in [3.63, 3.8) is 0 Å². The van der Waals surface area contributed by atoms with E-state index in [9.17, 15) is 8.42 Å². The van der Waals surface area contributed by atoms with Crippen molar-refractivity contribution in [1.82, 2.24) is 14.9 Å². The minimum absolute atomic E-state index is 0.198. The molecule has 0 saturated heterocycles. The first-order chi connectivity index (χ1) is 8.59. The third kappa shape index (κ3) is 3.30. The molecule has 0 aromatic carbocycles. The number of nitrogens with zero attached hydrogens (tertiary/aromatic N) is 1. The SMILES string of the molecule is Cc1[nH]ncc1S(=O)(=O)NCCOC1CCCC1. The molecule has 1 aromatic rings. The Balaban J connectivity index is 1.77. The van der Waals surface area contributed by atoms with Gasteiger partial charge in [-0.3, -0.25) is 5.10 Å². The molecular weight excluding hydrogens is 254 g/mol. The average Bonchev–Trinajstić information content (AvgIpc) is 2.95. The van der Waals surface area contributed by atoms with Gasteiger partial charge < -0.3 is 4.74 Å². The first-order valence-corrected chi connectivity index (χ1v) is 7.69. The second kappa shape index (κ2) is 5.81. The van der Waals surface area contributed by atoms with Crippen molar-refractivity contribution in [3.8, 4) is 0 Å². The normalized spacial score (nSPS) is 17.4. The van der Waals surface area contributed by atoms with E-state index in [0.29, 0.717) is 24.9 Å². The van der Waals surface area contributed by atoms with Crippen LogP contribution in [0.25, 0.3) is 0 Å². The van der Waals surface area contributed by atoms with Gasteiger partial charge in [-0.25, -0.2) is 13.1 Å². The number of sulfonamides is 1. The van der Waals surface area contributed by atoms with Crippen LogP contribution in [0, 0.1) is 6.92 Å². The number of nitrogens with one attached hydrogen (secondary N) is 2. The van der Waals surface area contributed by atoms with E-state index in [-0.39, 0.29) is 4.90 Å². The molecule has 0 unspecified atom stereocenters. The van der Waals surface area contributed by atoms with Crippen molar-refractivity contribution in [2.45, 2.75) is 43.6 Å². The summed E-state index contributed by atoms with van der Waals surface area (Å²) in [4.78, 5) is 0.198. The molecule has 7 heteroatoms. The van der Waals surface area contributed by atoms with Gasteiger partial charge >= 0.3 is 0 Å². The lowest BCUT2D eigenvalue weighted by atomic mass is 10.3. The zero-order chi connectivity index (χ0) is 13.0. The van der Waals surface area contributed by atoms with E-state index in [1.54, 1.807) is 6.92 Å². The molecule has 1 aliphatic rings. The molecule has 1 saturated carbocycles. The van der Waals surface area contributed by atoms with Gasteiger partial charge in [0.1, 0.15) is 4.90 Å². The lowest BCUT2D eigenvalue weighted by Crippen LogP contribution is -2.28. The highest BCUT2D eigenvalue weighted by Gasteiger charge is 2.19. The average molecular weight is 273 g/mol. The predicted molar refractivity (Wildman–Crippen MR) is 66.7 cm³/mol. The fraction of sp³-hybridized carbons (Fsp3) is 0.727. The summed E-state index contributed by atoms with van der Waals surface area (Å²) in [6.07, 6.45) is 6.23. The van der Waals surface area contributed by atoms with Gasteiger partial charge in [0.05, 0.1) is 24.6 Å². The second-order valence-electron chi connectivity index (χ2n) is 4.53. The minimum atomic E-state index is -3.47. The summed E-state index contributed by atoms with van der Waals surface area (Å²) in [5.74, 6) is 0. The zero-order valence-electron chi connectivity index (χ0n) is 10.5. The fourth-order valence-corrected chi connectivity index (χ4v) is 3.29. The Morgan fingerprint density at radius 3 is 2.83 bits per heavy atom. The summed E-state index contributed by atoms with van der Waals surface area (Å²) in [5, 5.41) is 6.31. The molecule has 1 aromatic heterocycles. The van der Waals surface area contributed by atoms with E-state index >= 15 is 0 Å². The zero-order valence-corrected chi connectivity index (χ0v) is 11.3. The Labute approximate surface area is 107 Å². The Kier molecular flexibility index (Phi) is 4.36. The van der Waals surface area contributed by atoms with E-state index in [0.717, 1.165) is 12.8 Å². The molecule has 0 aliphatic heterocycles. The van der Waals surface area contributed by atoms with Crippen LogP contribution in [0.2, 0.25) is 0 Å². The van der Waals surface area contributed by atoms with Crippen molar-refractivity contribution in [1.29, 1.82) is 0 Å². The van der Waals surface area contributed by atoms with Crippen molar-refractivity contribution in [3.05, 3.63) is 11.9 Å². The molecule has 0 bridgehead atoms. The first-order valence-electron chi connectivity index (χ1n) is 6.21. The van der Waals surface area contributed by atoms with Crippen molar-refractivity contribution in [2.24, 2.45) is 0 Å². The summed E-state index contributed by atoms with van der Waals surface area (Å²) < 4.78 is 31.9. The van der Waals surface area contributed by atoms with Crippen LogP contribution >= 0.6 is 0 Å². The number of hydrogen-bond donors (Lipinski definition) is 2. The second-order valence-corrected chi connectivity index (χ2v) is 6.27. The topological polar surface area (TPSA) is 84.1 Å². The molecule has 2 N–H and O–H groups in total. The molecule has 2 rings (SSSR count). The van der Waals surface area contributed by atoms with Crippen LogP contribution in [-0.2, 0) is 14.8 Å². The van der Waals surface area contributed by atoms with Crippen molar-refractivity contribution < 1.29 is 13.2 Å². The predicted octanol–water partition coefficient (Wildman–Crippen LogP) is 0.956. The molecule has 6 nitrogen and oxygen atoms in total. The summed E-state index contributed by atoms with van der Waals surface area (Å²) in [7, 11) is -3.47. The third-order valence-electron chi connectivity index (χ3n) is 3.12. The van der Waals surface area contributed by atoms with Gasteiger partial charge in [0.15, 0.2) is 0 Å². The van der Waals surface area contributed by atoms with Crippen LogP contribution in [0.3, 0.4) is 0 Å². The molecule has 1 fully saturated rings. The lowest BCUT2D eigenvalue weighted by Gasteiger charge is -2.11. The quantitative estimate of drug-likeness (QED) is 0.756. The number of aryl methyl sites for hydroxylation is 1. The number of ether oxygens (including phenoxy) is 1. The van der Waals surface area contributed by atoms with Gasteiger partial charge in [-0.2, -0.15) is 5.10 Å². The smallest absolute Gasteiger partial charge is 0.244 e. The molecular formula is C11H19N3O3S. The van der Waals surface area contributed by atoms with Crippen LogP contribution in [0.1, 0.15) is 31.4 Å². The van der Waals surface area contributed by atoms with Gasteiger partial charge in [-0.1, -0.05) is 12.8 Å². The molecule has 0 amide bonds. The summed E-state index contributed by atoms with van der Waals surface area (Å²) in [6, 6.07) is 0. The standard InChI is InChI=1S/C11H19N3O3S/c1-9-11(8-12-14-9)18(15,16)13-6-7-17-10-4-2-3-5-10/h8,10,13H,2-7H2,1H3,(H,12,14). The Hall–Kier alpha value is -0.920. The number of rotatable bonds is 6. The van der Waals surface area contributed by atoms with E-state index in [4.69, 9.17) is 4.74 Å². The monoisotopic (exact) mass is 273 g/mol. The first kappa shape index (κ1) is 13.5. The highest BCUT2D eigenvalue weighted by molar-refractivity contribution is 7.89. The van der Waals surface area contributed by atoms with Crippen molar-refractivity contribution in [2.75, 3.05) is 13.2 Å². The van der Waals surface area contributed by atoms with Gasteiger partial charge in [0, 0.05) is 6.54 Å². The van der Waals surface area contributed by atoms with E-state index in [2.05, 4.69) is 14.9 Å². The Morgan fingerprint density at radius 2 is 2.22 bits per heavy atom. The Bertz CT molecular complexity index is 477.